The Kier molecular flexibility index (Phi) is 4.89. The maximum Gasteiger partial charge on any atom is 0.262 e. The van der Waals surface area contributed by atoms with Gasteiger partial charge in [-0.3, -0.25) is 9.10 Å². The highest BCUT2D eigenvalue weighted by Gasteiger charge is 2.28. The average molecular weight is 364 g/mol. The third kappa shape index (κ3) is 4.27. The normalized spacial score (nSPS) is 15.8. The number of carbonyl (C=O) groups is 1. The first kappa shape index (κ1) is 17.2. The number of sulfonamides is 1. The molecule has 0 saturated carbocycles. The first-order valence-electron chi connectivity index (χ1n) is 7.73. The smallest absolute Gasteiger partial charge is 0.262 e. The third-order valence-corrected chi connectivity index (χ3v) is 5.57. The van der Waals surface area contributed by atoms with Crippen LogP contribution in [0.4, 0.5) is 15.8 Å². The summed E-state index contributed by atoms with van der Waals surface area (Å²) in [4.78, 5) is 12.0. The van der Waals surface area contributed by atoms with E-state index in [1.165, 1.54) is 28.6 Å². The monoisotopic (exact) mass is 364 g/mol. The standard InChI is InChI=1S/C17H17FN2O4S/c18-13-5-7-16(8-6-13)24-12-17(21)19-14-3-1-4-15(11-14)20-9-2-10-25(20,22)23/h1,3-8,11H,2,9-10,12H2,(H,19,21). The summed E-state index contributed by atoms with van der Waals surface area (Å²) in [5.74, 6) is -0.264. The summed E-state index contributed by atoms with van der Waals surface area (Å²) in [7, 11) is -3.27. The van der Waals surface area contributed by atoms with Crippen LogP contribution in [-0.4, -0.2) is 33.2 Å². The van der Waals surface area contributed by atoms with Crippen LogP contribution in [0, 0.1) is 5.82 Å². The minimum Gasteiger partial charge on any atom is -0.484 e. The van der Waals surface area contributed by atoms with Crippen molar-refractivity contribution in [3.8, 4) is 5.75 Å². The second-order valence-electron chi connectivity index (χ2n) is 5.58. The molecule has 0 aromatic heterocycles. The number of carbonyl (C=O) groups excluding carboxylic acids is 1. The number of nitrogens with one attached hydrogen (secondary N) is 1. The predicted molar refractivity (Wildman–Crippen MR) is 92.7 cm³/mol. The molecule has 25 heavy (non-hydrogen) atoms. The van der Waals surface area contributed by atoms with Crippen molar-refractivity contribution in [3.63, 3.8) is 0 Å². The Morgan fingerprint density at radius 2 is 1.96 bits per heavy atom. The van der Waals surface area contributed by atoms with E-state index < -0.39 is 15.9 Å². The lowest BCUT2D eigenvalue weighted by Gasteiger charge is -2.17. The van der Waals surface area contributed by atoms with Crippen molar-refractivity contribution in [1.82, 2.24) is 0 Å². The van der Waals surface area contributed by atoms with E-state index in [2.05, 4.69) is 5.32 Å². The van der Waals surface area contributed by atoms with E-state index in [0.29, 0.717) is 30.1 Å². The zero-order valence-electron chi connectivity index (χ0n) is 13.3. The lowest BCUT2D eigenvalue weighted by molar-refractivity contribution is -0.118. The van der Waals surface area contributed by atoms with E-state index in [1.807, 2.05) is 0 Å². The first-order valence-corrected chi connectivity index (χ1v) is 9.34. The van der Waals surface area contributed by atoms with Gasteiger partial charge in [-0.2, -0.15) is 0 Å². The number of amides is 1. The molecule has 0 atom stereocenters. The van der Waals surface area contributed by atoms with Gasteiger partial charge in [-0.05, 0) is 48.9 Å². The second kappa shape index (κ2) is 7.10. The lowest BCUT2D eigenvalue weighted by Crippen LogP contribution is -2.25. The number of rotatable bonds is 5. The number of halogens is 1. The molecule has 3 rings (SSSR count). The second-order valence-corrected chi connectivity index (χ2v) is 7.60. The maximum absolute atomic E-state index is 12.8. The highest BCUT2D eigenvalue weighted by atomic mass is 32.2. The van der Waals surface area contributed by atoms with Crippen LogP contribution in [0.3, 0.4) is 0 Å². The van der Waals surface area contributed by atoms with Gasteiger partial charge in [0.2, 0.25) is 10.0 Å². The Morgan fingerprint density at radius 1 is 1.20 bits per heavy atom. The van der Waals surface area contributed by atoms with E-state index in [-0.39, 0.29) is 18.2 Å². The molecule has 2 aromatic rings. The number of hydrogen-bond donors (Lipinski definition) is 1. The molecular weight excluding hydrogens is 347 g/mol. The molecule has 8 heteroatoms. The van der Waals surface area contributed by atoms with E-state index in [1.54, 1.807) is 24.3 Å². The molecule has 1 fully saturated rings. The molecule has 132 valence electrons. The molecule has 2 aromatic carbocycles. The number of hydrogen-bond acceptors (Lipinski definition) is 4. The summed E-state index contributed by atoms with van der Waals surface area (Å²) < 4.78 is 43.4. The summed E-state index contributed by atoms with van der Waals surface area (Å²) in [5, 5.41) is 2.66. The van der Waals surface area contributed by atoms with Crippen LogP contribution in [-0.2, 0) is 14.8 Å². The van der Waals surface area contributed by atoms with Gasteiger partial charge >= 0.3 is 0 Å². The zero-order chi connectivity index (χ0) is 17.9. The average Bonchev–Trinajstić information content (AvgIpc) is 2.94. The van der Waals surface area contributed by atoms with Gasteiger partial charge in [-0.15, -0.1) is 0 Å². The maximum atomic E-state index is 12.8. The van der Waals surface area contributed by atoms with E-state index in [0.717, 1.165) is 0 Å². The van der Waals surface area contributed by atoms with E-state index >= 15 is 0 Å². The van der Waals surface area contributed by atoms with Gasteiger partial charge in [0.1, 0.15) is 11.6 Å². The SMILES string of the molecule is O=C(COc1ccc(F)cc1)Nc1cccc(N2CCCS2(=O)=O)c1. The van der Waals surface area contributed by atoms with Gasteiger partial charge in [0, 0.05) is 12.2 Å². The largest absolute Gasteiger partial charge is 0.484 e. The number of anilines is 2. The van der Waals surface area contributed by atoms with Crippen molar-refractivity contribution in [1.29, 1.82) is 0 Å². The molecule has 1 aliphatic heterocycles. The molecule has 6 nitrogen and oxygen atoms in total. The summed E-state index contributed by atoms with van der Waals surface area (Å²) in [5.41, 5.74) is 1.00. The Bertz CT molecular complexity index is 868. The topological polar surface area (TPSA) is 75.7 Å². The highest BCUT2D eigenvalue weighted by Crippen LogP contribution is 2.26. The number of benzene rings is 2. The van der Waals surface area contributed by atoms with E-state index in [4.69, 9.17) is 4.74 Å². The molecule has 1 aliphatic rings. The fourth-order valence-corrected chi connectivity index (χ4v) is 4.10. The summed E-state index contributed by atoms with van der Waals surface area (Å²) in [6.07, 6.45) is 0.588. The fourth-order valence-electron chi connectivity index (χ4n) is 2.55. The van der Waals surface area contributed by atoms with Gasteiger partial charge in [0.15, 0.2) is 6.61 Å². The van der Waals surface area contributed by atoms with Crippen LogP contribution in [0.5, 0.6) is 5.75 Å². The van der Waals surface area contributed by atoms with E-state index in [9.17, 15) is 17.6 Å². The van der Waals surface area contributed by atoms with Gasteiger partial charge in [0.05, 0.1) is 11.4 Å². The van der Waals surface area contributed by atoms with Crippen molar-refractivity contribution >= 4 is 27.3 Å². The Morgan fingerprint density at radius 3 is 2.64 bits per heavy atom. The molecule has 0 aliphatic carbocycles. The van der Waals surface area contributed by atoms with Crippen LogP contribution in [0.2, 0.25) is 0 Å². The summed E-state index contributed by atoms with van der Waals surface area (Å²) >= 11 is 0. The van der Waals surface area contributed by atoms with Crippen molar-refractivity contribution in [2.75, 3.05) is 28.5 Å². The fraction of sp³-hybridized carbons (Fsp3) is 0.235. The molecule has 1 saturated heterocycles. The summed E-state index contributed by atoms with van der Waals surface area (Å²) in [6.45, 7) is 0.200. The van der Waals surface area contributed by atoms with Gasteiger partial charge in [-0.25, -0.2) is 12.8 Å². The minimum atomic E-state index is -3.27. The van der Waals surface area contributed by atoms with Gasteiger partial charge in [-0.1, -0.05) is 6.07 Å². The Balaban J connectivity index is 1.62. The van der Waals surface area contributed by atoms with Gasteiger partial charge < -0.3 is 10.1 Å². The highest BCUT2D eigenvalue weighted by molar-refractivity contribution is 7.93. The Labute approximate surface area is 145 Å². The van der Waals surface area contributed by atoms with Crippen molar-refractivity contribution in [2.24, 2.45) is 0 Å². The van der Waals surface area contributed by atoms with Crippen LogP contribution < -0.4 is 14.4 Å². The minimum absolute atomic E-state index is 0.134. The van der Waals surface area contributed by atoms with Gasteiger partial charge in [0.25, 0.3) is 5.91 Å². The first-order chi connectivity index (χ1) is 11.9. The molecule has 1 amide bonds. The molecule has 0 unspecified atom stereocenters. The Hall–Kier alpha value is -2.61. The van der Waals surface area contributed by atoms with Crippen LogP contribution in [0.15, 0.2) is 48.5 Å². The number of ether oxygens (including phenoxy) is 1. The summed E-state index contributed by atoms with van der Waals surface area (Å²) in [6, 6.07) is 12.0. The predicted octanol–water partition coefficient (Wildman–Crippen LogP) is 2.38. The van der Waals surface area contributed by atoms with Crippen LogP contribution >= 0.6 is 0 Å². The zero-order valence-corrected chi connectivity index (χ0v) is 14.1. The van der Waals surface area contributed by atoms with Crippen LogP contribution in [0.25, 0.3) is 0 Å². The molecule has 1 N–H and O–H groups in total. The third-order valence-electron chi connectivity index (χ3n) is 3.70. The van der Waals surface area contributed by atoms with Crippen molar-refractivity contribution in [2.45, 2.75) is 6.42 Å². The quantitative estimate of drug-likeness (QED) is 0.884. The van der Waals surface area contributed by atoms with Crippen molar-refractivity contribution in [3.05, 3.63) is 54.3 Å². The molecule has 0 bridgehead atoms. The molecule has 1 heterocycles. The molecule has 0 radical (unpaired) electrons. The van der Waals surface area contributed by atoms with Crippen molar-refractivity contribution < 1.29 is 22.3 Å². The molecular formula is C17H17FN2O4S. The number of nitrogens with zero attached hydrogens (tertiary/aromatic N) is 1. The van der Waals surface area contributed by atoms with Crippen LogP contribution in [0.1, 0.15) is 6.42 Å². The molecule has 0 spiro atoms. The lowest BCUT2D eigenvalue weighted by atomic mass is 10.2.